The molecule has 0 aliphatic heterocycles. The number of nitrogens with zero attached hydrogens (tertiary/aromatic N) is 1. The van der Waals surface area contributed by atoms with Gasteiger partial charge in [0.1, 0.15) is 5.41 Å². The third kappa shape index (κ3) is 3.02. The van der Waals surface area contributed by atoms with Crippen LogP contribution < -0.4 is 0 Å². The van der Waals surface area contributed by atoms with Crippen molar-refractivity contribution in [3.05, 3.63) is 65.5 Å². The summed E-state index contributed by atoms with van der Waals surface area (Å²) in [5.74, 6) is -0.623. The number of aromatic nitrogens is 1. The number of hydrogen-bond donors (Lipinski definition) is 0. The van der Waals surface area contributed by atoms with E-state index in [4.69, 9.17) is 4.74 Å². The predicted octanol–water partition coefficient (Wildman–Crippen LogP) is 3.25. The number of rotatable bonds is 3. The van der Waals surface area contributed by atoms with Crippen molar-refractivity contribution in [2.45, 2.75) is 26.7 Å². The molecule has 0 N–H and O–H groups in total. The molecule has 0 spiro atoms. The largest absolute Gasteiger partial charge is 0.468 e. The van der Waals surface area contributed by atoms with Crippen molar-refractivity contribution < 1.29 is 14.3 Å². The van der Waals surface area contributed by atoms with Crippen LogP contribution in [0, 0.1) is 5.41 Å². The van der Waals surface area contributed by atoms with Crippen LogP contribution in [0.1, 0.15) is 35.3 Å². The highest BCUT2D eigenvalue weighted by Gasteiger charge is 2.52. The van der Waals surface area contributed by atoms with E-state index < -0.39 is 11.4 Å². The first-order valence-electron chi connectivity index (χ1n) is 7.77. The van der Waals surface area contributed by atoms with Crippen molar-refractivity contribution in [3.63, 3.8) is 0 Å². The Labute approximate surface area is 136 Å². The van der Waals surface area contributed by atoms with Crippen molar-refractivity contribution in [2.24, 2.45) is 5.41 Å². The summed E-state index contributed by atoms with van der Waals surface area (Å²) >= 11 is 0. The Morgan fingerprint density at radius 2 is 1.83 bits per heavy atom. The summed E-state index contributed by atoms with van der Waals surface area (Å²) in [6.45, 7) is 4.00. The molecule has 1 heterocycles. The number of ketones is 1. The molecule has 1 aromatic heterocycles. The third-order valence-corrected chi connectivity index (χ3v) is 4.02. The van der Waals surface area contributed by atoms with Gasteiger partial charge in [-0.25, -0.2) is 0 Å². The fourth-order valence-electron chi connectivity index (χ4n) is 2.98. The van der Waals surface area contributed by atoms with Crippen LogP contribution >= 0.6 is 0 Å². The smallest absolute Gasteiger partial charge is 0.320 e. The average molecular weight is 311 g/mol. The molecule has 1 aliphatic carbocycles. The molecule has 0 saturated heterocycles. The Balaban J connectivity index is 0.000000924. The fourth-order valence-corrected chi connectivity index (χ4v) is 2.98. The minimum Gasteiger partial charge on any atom is -0.468 e. The number of Topliss-reactive ketones (excluding diaryl/α,β-unsaturated/α-hetero) is 1. The first-order chi connectivity index (χ1) is 11.2. The van der Waals surface area contributed by atoms with E-state index in [2.05, 4.69) is 4.98 Å². The zero-order chi connectivity index (χ0) is 16.9. The molecule has 1 aromatic carbocycles. The van der Waals surface area contributed by atoms with E-state index in [1.165, 1.54) is 7.11 Å². The van der Waals surface area contributed by atoms with Crippen LogP contribution in [0.25, 0.3) is 0 Å². The molecule has 23 heavy (non-hydrogen) atoms. The minimum absolute atomic E-state index is 0.151. The van der Waals surface area contributed by atoms with Crippen LogP contribution in [0.3, 0.4) is 0 Å². The van der Waals surface area contributed by atoms with Gasteiger partial charge >= 0.3 is 5.97 Å². The molecule has 0 bridgehead atoms. The van der Waals surface area contributed by atoms with Crippen LogP contribution in [-0.2, 0) is 22.4 Å². The summed E-state index contributed by atoms with van der Waals surface area (Å²) in [5.41, 5.74) is 1.27. The van der Waals surface area contributed by atoms with E-state index in [1.807, 2.05) is 44.2 Å². The topological polar surface area (TPSA) is 56.3 Å². The number of esters is 1. The number of hydrogen-bond acceptors (Lipinski definition) is 4. The SMILES string of the molecule is CC.COC(=O)C1(Cc2ccncc2)Cc2ccccc2C1=O. The lowest BCUT2D eigenvalue weighted by Gasteiger charge is -2.24. The van der Waals surface area contributed by atoms with Crippen molar-refractivity contribution in [1.29, 1.82) is 0 Å². The van der Waals surface area contributed by atoms with Crippen molar-refractivity contribution >= 4 is 11.8 Å². The van der Waals surface area contributed by atoms with E-state index in [0.717, 1.165) is 11.1 Å². The van der Waals surface area contributed by atoms with Gasteiger partial charge in [-0.1, -0.05) is 38.1 Å². The molecule has 0 saturated carbocycles. The average Bonchev–Trinajstić information content (AvgIpc) is 2.90. The van der Waals surface area contributed by atoms with E-state index in [0.29, 0.717) is 18.4 Å². The standard InChI is InChI=1S/C17H15NO3.C2H6/c1-21-16(20)17(10-12-6-8-18-9-7-12)11-13-4-2-3-5-14(13)15(17)19;1-2/h2-9H,10-11H2,1H3;1-2H3. The van der Waals surface area contributed by atoms with Crippen LogP contribution in [0.15, 0.2) is 48.8 Å². The van der Waals surface area contributed by atoms with E-state index in [9.17, 15) is 9.59 Å². The maximum atomic E-state index is 12.8. The lowest BCUT2D eigenvalue weighted by atomic mass is 9.78. The summed E-state index contributed by atoms with van der Waals surface area (Å²) in [6.07, 6.45) is 4.03. The highest BCUT2D eigenvalue weighted by atomic mass is 16.5. The van der Waals surface area contributed by atoms with E-state index in [-0.39, 0.29) is 5.78 Å². The van der Waals surface area contributed by atoms with Gasteiger partial charge in [0.05, 0.1) is 7.11 Å². The summed E-state index contributed by atoms with van der Waals surface area (Å²) < 4.78 is 4.94. The lowest BCUT2D eigenvalue weighted by molar-refractivity contribution is -0.149. The van der Waals surface area contributed by atoms with Gasteiger partial charge in [-0.05, 0) is 36.1 Å². The Morgan fingerprint density at radius 3 is 2.43 bits per heavy atom. The highest BCUT2D eigenvalue weighted by molar-refractivity contribution is 6.16. The maximum absolute atomic E-state index is 12.8. The highest BCUT2D eigenvalue weighted by Crippen LogP contribution is 2.40. The molecule has 0 radical (unpaired) electrons. The molecule has 0 amide bonds. The number of pyridine rings is 1. The Bertz CT molecular complexity index is 697. The Hall–Kier alpha value is -2.49. The van der Waals surface area contributed by atoms with Gasteiger partial charge < -0.3 is 4.74 Å². The monoisotopic (exact) mass is 311 g/mol. The van der Waals surface area contributed by atoms with Gasteiger partial charge in [0.25, 0.3) is 0 Å². The summed E-state index contributed by atoms with van der Waals surface area (Å²) in [6, 6.07) is 11.0. The minimum atomic E-state index is -1.15. The second kappa shape index (κ2) is 7.18. The molecule has 120 valence electrons. The predicted molar refractivity (Wildman–Crippen MR) is 88.2 cm³/mol. The molecular weight excluding hydrogens is 290 g/mol. The zero-order valence-corrected chi connectivity index (χ0v) is 13.7. The molecule has 2 aromatic rings. The first-order valence-corrected chi connectivity index (χ1v) is 7.77. The summed E-state index contributed by atoms with van der Waals surface area (Å²) in [7, 11) is 1.33. The third-order valence-electron chi connectivity index (χ3n) is 4.02. The van der Waals surface area contributed by atoms with Gasteiger partial charge in [-0.2, -0.15) is 0 Å². The molecular formula is C19H21NO3. The molecule has 1 atom stereocenters. The summed E-state index contributed by atoms with van der Waals surface area (Å²) in [5, 5.41) is 0. The van der Waals surface area contributed by atoms with Gasteiger partial charge in [0.15, 0.2) is 5.78 Å². The number of benzene rings is 1. The van der Waals surface area contributed by atoms with Gasteiger partial charge in [-0.15, -0.1) is 0 Å². The molecule has 1 aliphatic rings. The van der Waals surface area contributed by atoms with Crippen LogP contribution in [0.4, 0.5) is 0 Å². The van der Waals surface area contributed by atoms with Crippen LogP contribution in [0.2, 0.25) is 0 Å². The fraction of sp³-hybridized carbons (Fsp3) is 0.316. The number of ether oxygens (including phenoxy) is 1. The van der Waals surface area contributed by atoms with Gasteiger partial charge in [0, 0.05) is 18.0 Å². The van der Waals surface area contributed by atoms with Gasteiger partial charge in [0.2, 0.25) is 0 Å². The number of methoxy groups -OCH3 is 1. The second-order valence-corrected chi connectivity index (χ2v) is 5.27. The lowest BCUT2D eigenvalue weighted by Crippen LogP contribution is -2.40. The van der Waals surface area contributed by atoms with Crippen molar-refractivity contribution in [3.8, 4) is 0 Å². The summed E-state index contributed by atoms with van der Waals surface area (Å²) in [4.78, 5) is 29.1. The Morgan fingerprint density at radius 1 is 1.17 bits per heavy atom. The van der Waals surface area contributed by atoms with E-state index >= 15 is 0 Å². The molecule has 4 heteroatoms. The normalized spacial score (nSPS) is 18.7. The molecule has 1 unspecified atom stereocenters. The number of carbonyl (C=O) groups is 2. The maximum Gasteiger partial charge on any atom is 0.320 e. The van der Waals surface area contributed by atoms with Crippen molar-refractivity contribution in [1.82, 2.24) is 4.98 Å². The quantitative estimate of drug-likeness (QED) is 0.645. The van der Waals surface area contributed by atoms with Gasteiger partial charge in [-0.3, -0.25) is 14.6 Å². The number of fused-ring (bicyclic) bond motifs is 1. The molecule has 4 nitrogen and oxygen atoms in total. The van der Waals surface area contributed by atoms with Crippen molar-refractivity contribution in [2.75, 3.05) is 7.11 Å². The zero-order valence-electron chi connectivity index (χ0n) is 13.7. The van der Waals surface area contributed by atoms with Crippen LogP contribution in [-0.4, -0.2) is 23.8 Å². The number of carbonyl (C=O) groups excluding carboxylic acids is 2. The second-order valence-electron chi connectivity index (χ2n) is 5.27. The first kappa shape index (κ1) is 16.9. The molecule has 0 fully saturated rings. The molecule has 3 rings (SSSR count). The Kier molecular flexibility index (Phi) is 5.27. The van der Waals surface area contributed by atoms with Crippen LogP contribution in [0.5, 0.6) is 0 Å². The van der Waals surface area contributed by atoms with E-state index in [1.54, 1.807) is 18.5 Å².